The van der Waals surface area contributed by atoms with Crippen LogP contribution in [0, 0.1) is 0 Å². The first-order valence-electron chi connectivity index (χ1n) is 19.6. The number of aliphatic hydroxyl groups excluding tert-OH is 1. The van der Waals surface area contributed by atoms with Crippen LogP contribution in [0.2, 0.25) is 0 Å². The van der Waals surface area contributed by atoms with Gasteiger partial charge in [0.2, 0.25) is 0 Å². The Hall–Kier alpha value is -7.96. The molecule has 0 fully saturated rings. The zero-order valence-corrected chi connectivity index (χ0v) is 32.2. The number of aliphatic hydroxyl groups is 1. The van der Waals surface area contributed by atoms with Gasteiger partial charge >= 0.3 is 0 Å². The lowest BCUT2D eigenvalue weighted by atomic mass is 9.95. The first kappa shape index (κ1) is 35.5. The lowest BCUT2D eigenvalue weighted by Gasteiger charge is -2.18. The molecule has 0 amide bonds. The number of benzene rings is 4. The maximum Gasteiger partial charge on any atom is 0.139 e. The Kier molecular flexibility index (Phi) is 9.12. The molecule has 6 heterocycles. The number of rotatable bonds is 6. The van der Waals surface area contributed by atoms with Crippen LogP contribution >= 0.6 is 0 Å². The highest BCUT2D eigenvalue weighted by atomic mass is 16.3. The Morgan fingerprint density at radius 2 is 0.898 bits per heavy atom. The molecule has 59 heavy (non-hydrogen) atoms. The Morgan fingerprint density at radius 3 is 1.36 bits per heavy atom. The first-order valence-corrected chi connectivity index (χ1v) is 19.6. The fraction of sp³-hybridized carbons (Fsp3) is 0.0189. The van der Waals surface area contributed by atoms with E-state index in [4.69, 9.17) is 20.0 Å². The Bertz CT molecular complexity index is 2940. The molecule has 0 spiro atoms. The average Bonchev–Trinajstić information content (AvgIpc) is 4.12. The van der Waals surface area contributed by atoms with Gasteiger partial charge in [0.1, 0.15) is 5.76 Å². The van der Waals surface area contributed by atoms with E-state index in [0.29, 0.717) is 5.70 Å². The molecule has 8 bridgehead atoms. The summed E-state index contributed by atoms with van der Waals surface area (Å²) in [6.45, 7) is 0. The molecule has 0 radical (unpaired) electrons. The normalized spacial score (nSPS) is 19.0. The highest BCUT2D eigenvalue weighted by molar-refractivity contribution is 6.40. The molecular formula is C53H37N5O. The van der Waals surface area contributed by atoms with Gasteiger partial charge in [0.15, 0.2) is 0 Å². The van der Waals surface area contributed by atoms with Crippen molar-refractivity contribution >= 4 is 45.1 Å². The molecule has 6 aliphatic heterocycles. The zero-order valence-electron chi connectivity index (χ0n) is 32.2. The highest BCUT2D eigenvalue weighted by Gasteiger charge is 2.29. The fourth-order valence-electron chi connectivity index (χ4n) is 7.96. The largest absolute Gasteiger partial charge is 0.506 e. The number of fused-ring (bicyclic) bond motifs is 4. The van der Waals surface area contributed by atoms with E-state index in [9.17, 15) is 5.11 Å². The molecule has 0 unspecified atom stereocenters. The number of allylic oxidation sites excluding steroid dienone is 16. The summed E-state index contributed by atoms with van der Waals surface area (Å²) < 4.78 is 0. The third-order valence-corrected chi connectivity index (χ3v) is 10.7. The summed E-state index contributed by atoms with van der Waals surface area (Å²) >= 11 is 0. The van der Waals surface area contributed by atoms with E-state index in [2.05, 4.69) is 91.1 Å². The lowest BCUT2D eigenvalue weighted by molar-refractivity contribution is 0.403. The predicted molar refractivity (Wildman–Crippen MR) is 244 cm³/mol. The molecule has 280 valence electrons. The van der Waals surface area contributed by atoms with Crippen LogP contribution in [0.4, 0.5) is 0 Å². The van der Waals surface area contributed by atoms with Crippen LogP contribution in [0.3, 0.4) is 0 Å². The number of nitrogens with zero attached hydrogens (tertiary/aromatic N) is 5. The van der Waals surface area contributed by atoms with Crippen molar-refractivity contribution in [3.05, 3.63) is 263 Å². The van der Waals surface area contributed by atoms with Crippen molar-refractivity contribution in [2.75, 3.05) is 7.05 Å². The smallest absolute Gasteiger partial charge is 0.139 e. The zero-order chi connectivity index (χ0) is 39.7. The van der Waals surface area contributed by atoms with Crippen molar-refractivity contribution in [3.63, 3.8) is 0 Å². The van der Waals surface area contributed by atoms with E-state index >= 15 is 0 Å². The van der Waals surface area contributed by atoms with Gasteiger partial charge in [-0.3, -0.25) is 0 Å². The summed E-state index contributed by atoms with van der Waals surface area (Å²) in [7, 11) is 1.92. The monoisotopic (exact) mass is 759 g/mol. The van der Waals surface area contributed by atoms with Gasteiger partial charge in [0.25, 0.3) is 0 Å². The molecule has 0 saturated heterocycles. The summed E-state index contributed by atoms with van der Waals surface area (Å²) in [5, 5.41) is 11.4. The number of aliphatic imine (C=N–C) groups is 4. The topological polar surface area (TPSA) is 72.9 Å². The SMILES string of the molecule is CN1C=CC=CC1=C(O)/C=C/C1=CC2=NC1=C(c1ccccc1)C1=NC(=C(c3ccccc3)C3=NC(=C(c4ccccc4)C4=NC(=C2c2ccccc2)C=C4)C=C3)C=C1. The predicted octanol–water partition coefficient (Wildman–Crippen LogP) is 11.4. The second-order valence-corrected chi connectivity index (χ2v) is 14.5. The summed E-state index contributed by atoms with van der Waals surface area (Å²) in [4.78, 5) is 23.6. The van der Waals surface area contributed by atoms with Crippen molar-refractivity contribution in [1.29, 1.82) is 0 Å². The minimum absolute atomic E-state index is 0.136. The minimum atomic E-state index is 0.136. The van der Waals surface area contributed by atoms with Gasteiger partial charge in [0, 0.05) is 41.1 Å². The van der Waals surface area contributed by atoms with E-state index in [-0.39, 0.29) is 5.76 Å². The molecule has 6 aliphatic rings. The standard InChI is InChI=1S/C53H37N5O/c1-58-33-15-14-24-47(58)48(59)32-25-39-34-46-51(37-20-10-4-11-21-37)44-29-28-42(55-44)49(35-16-6-2-7-17-35)40-26-27-41(54-40)50(36-18-8-3-9-19-36)43-30-31-45(56-43)52(53(39)57-46)38-22-12-5-13-23-38/h2-34,59H,1H3/b32-25+,48-47?,49-40?,49-42?,50-41?,50-43?,51-44?,51-46?,52-45?,53-52?. The summed E-state index contributed by atoms with van der Waals surface area (Å²) in [5.74, 6) is 0.136. The lowest BCUT2D eigenvalue weighted by Crippen LogP contribution is -2.12. The number of hydrogen-bond donors (Lipinski definition) is 1. The van der Waals surface area contributed by atoms with Gasteiger partial charge in [-0.2, -0.15) is 0 Å². The van der Waals surface area contributed by atoms with Gasteiger partial charge in [-0.15, -0.1) is 0 Å². The second kappa shape index (κ2) is 15.2. The second-order valence-electron chi connectivity index (χ2n) is 14.5. The summed E-state index contributed by atoms with van der Waals surface area (Å²) in [6, 6.07) is 41.2. The maximum atomic E-state index is 11.4. The third-order valence-electron chi connectivity index (χ3n) is 10.7. The van der Waals surface area contributed by atoms with E-state index in [1.54, 1.807) is 6.08 Å². The fourth-order valence-corrected chi connectivity index (χ4v) is 7.96. The first-order chi connectivity index (χ1) is 29.1. The molecule has 4 aromatic rings. The van der Waals surface area contributed by atoms with Crippen molar-refractivity contribution in [1.82, 2.24) is 4.90 Å². The van der Waals surface area contributed by atoms with E-state index in [0.717, 1.165) is 95.8 Å². The molecule has 4 aromatic carbocycles. The van der Waals surface area contributed by atoms with Crippen molar-refractivity contribution in [3.8, 4) is 0 Å². The minimum Gasteiger partial charge on any atom is -0.506 e. The molecule has 0 aromatic heterocycles. The van der Waals surface area contributed by atoms with Crippen molar-refractivity contribution in [2.24, 2.45) is 20.0 Å². The van der Waals surface area contributed by atoms with Gasteiger partial charge in [-0.05, 0) is 89.1 Å². The average molecular weight is 760 g/mol. The van der Waals surface area contributed by atoms with Crippen molar-refractivity contribution < 1.29 is 5.11 Å². The van der Waals surface area contributed by atoms with Crippen LogP contribution in [-0.2, 0) is 0 Å². The van der Waals surface area contributed by atoms with Gasteiger partial charge in [-0.1, -0.05) is 127 Å². The maximum absolute atomic E-state index is 11.4. The molecule has 6 nitrogen and oxygen atoms in total. The molecule has 0 saturated carbocycles. The number of likely N-dealkylation sites (N-methyl/N-ethyl adjacent to an activating group) is 1. The summed E-state index contributed by atoms with van der Waals surface area (Å²) in [5.41, 5.74) is 15.4. The molecule has 1 N–H and O–H groups in total. The third kappa shape index (κ3) is 6.73. The molecule has 0 atom stereocenters. The van der Waals surface area contributed by atoms with E-state index in [1.807, 2.05) is 115 Å². The molecule has 6 heteroatoms. The van der Waals surface area contributed by atoms with Crippen LogP contribution in [0.5, 0.6) is 0 Å². The van der Waals surface area contributed by atoms with Gasteiger partial charge in [-0.25, -0.2) is 20.0 Å². The molecule has 10 rings (SSSR count). The van der Waals surface area contributed by atoms with Gasteiger partial charge < -0.3 is 10.0 Å². The Morgan fingerprint density at radius 1 is 0.475 bits per heavy atom. The van der Waals surface area contributed by atoms with Crippen LogP contribution in [0.1, 0.15) is 22.3 Å². The molecule has 0 aliphatic carbocycles. The Balaban J connectivity index is 1.29. The van der Waals surface area contributed by atoms with E-state index < -0.39 is 0 Å². The Labute approximate surface area is 343 Å². The van der Waals surface area contributed by atoms with Crippen LogP contribution < -0.4 is 0 Å². The van der Waals surface area contributed by atoms with Crippen LogP contribution in [0.15, 0.2) is 260 Å². The van der Waals surface area contributed by atoms with E-state index in [1.165, 1.54) is 0 Å². The molecular weight excluding hydrogens is 723 g/mol. The highest BCUT2D eigenvalue weighted by Crippen LogP contribution is 2.40. The van der Waals surface area contributed by atoms with Crippen LogP contribution in [-0.4, -0.2) is 39.9 Å². The number of hydrogen-bond acceptors (Lipinski definition) is 6. The van der Waals surface area contributed by atoms with Crippen molar-refractivity contribution in [2.45, 2.75) is 0 Å². The quantitative estimate of drug-likeness (QED) is 0.199. The van der Waals surface area contributed by atoms with Crippen LogP contribution in [0.25, 0.3) is 22.3 Å². The van der Waals surface area contributed by atoms with Gasteiger partial charge in [0.05, 0.1) is 51.3 Å². The summed E-state index contributed by atoms with van der Waals surface area (Å²) in [6.07, 6.45) is 25.9.